The Morgan fingerprint density at radius 1 is 0.727 bits per heavy atom. The highest BCUT2D eigenvalue weighted by Crippen LogP contribution is 2.11. The molecule has 0 aromatic carbocycles. The van der Waals surface area contributed by atoms with Gasteiger partial charge in [0.1, 0.15) is 5.82 Å². The summed E-state index contributed by atoms with van der Waals surface area (Å²) in [5.74, 6) is 0.795. The number of nitrogens with zero attached hydrogens (tertiary/aromatic N) is 4. The summed E-state index contributed by atoms with van der Waals surface area (Å²) in [5, 5.41) is 1.10. The first kappa shape index (κ1) is 28.8. The van der Waals surface area contributed by atoms with Crippen LogP contribution in [-0.2, 0) is 34.0 Å². The standard InChI is InChI=1S/C10H15NO.C9H14N2O.C6H9NOS/c1-8(2)12-7-10-5-4-9(3)11-6-10;1-7(2)12-6-9-4-10-8(3)11-5-9;1-5-7-3-6(9-5)4-8-2/h4-6,8H,7H2,1-3H3;4-5,7H,6H2,1-3H3;3H,4H2,1-2H3. The molecule has 0 aliphatic rings. The molecule has 3 aromatic heterocycles. The highest BCUT2D eigenvalue weighted by Gasteiger charge is 1.97. The van der Waals surface area contributed by atoms with E-state index in [-0.39, 0.29) is 12.2 Å². The van der Waals surface area contributed by atoms with Crippen LogP contribution in [0.2, 0.25) is 0 Å². The lowest BCUT2D eigenvalue weighted by molar-refractivity contribution is 0.0652. The van der Waals surface area contributed by atoms with Crippen molar-refractivity contribution < 1.29 is 14.2 Å². The fraction of sp³-hybridized carbons (Fsp3) is 0.520. The summed E-state index contributed by atoms with van der Waals surface area (Å²) in [6, 6.07) is 4.05. The number of aromatic nitrogens is 4. The molecular weight excluding hydrogens is 436 g/mol. The largest absolute Gasteiger partial charge is 0.379 e. The Morgan fingerprint density at radius 3 is 1.76 bits per heavy atom. The van der Waals surface area contributed by atoms with Crippen LogP contribution >= 0.6 is 11.3 Å². The van der Waals surface area contributed by atoms with Gasteiger partial charge in [0.15, 0.2) is 0 Å². The van der Waals surface area contributed by atoms with Crippen LogP contribution in [0, 0.1) is 20.8 Å². The molecule has 0 N–H and O–H groups in total. The van der Waals surface area contributed by atoms with E-state index in [1.807, 2.05) is 73.0 Å². The van der Waals surface area contributed by atoms with Crippen LogP contribution in [0.15, 0.2) is 36.9 Å². The van der Waals surface area contributed by atoms with Crippen LogP contribution in [0.3, 0.4) is 0 Å². The third kappa shape index (κ3) is 14.5. The smallest absolute Gasteiger partial charge is 0.125 e. The molecule has 0 unspecified atom stereocenters. The molecule has 0 bridgehead atoms. The summed E-state index contributed by atoms with van der Waals surface area (Å²) in [7, 11) is 1.69. The number of hydrogen-bond acceptors (Lipinski definition) is 8. The van der Waals surface area contributed by atoms with E-state index in [1.165, 1.54) is 4.88 Å². The zero-order valence-corrected chi connectivity index (χ0v) is 22.0. The predicted octanol–water partition coefficient (Wildman–Crippen LogP) is 5.62. The zero-order valence-electron chi connectivity index (χ0n) is 21.2. The lowest BCUT2D eigenvalue weighted by Crippen LogP contribution is -2.03. The lowest BCUT2D eigenvalue weighted by Gasteiger charge is -2.06. The third-order valence-corrected chi connectivity index (χ3v) is 4.82. The minimum absolute atomic E-state index is 0.256. The van der Waals surface area contributed by atoms with Gasteiger partial charge in [0.25, 0.3) is 0 Å². The Morgan fingerprint density at radius 2 is 1.30 bits per heavy atom. The average Bonchev–Trinajstić information content (AvgIpc) is 3.19. The summed E-state index contributed by atoms with van der Waals surface area (Å²) in [5.41, 5.74) is 3.20. The maximum absolute atomic E-state index is 5.43. The monoisotopic (exact) mass is 474 g/mol. The summed E-state index contributed by atoms with van der Waals surface area (Å²) < 4.78 is 15.7. The van der Waals surface area contributed by atoms with Crippen LogP contribution in [-0.4, -0.2) is 39.3 Å². The molecule has 0 fully saturated rings. The van der Waals surface area contributed by atoms with Crippen molar-refractivity contribution in [3.05, 3.63) is 69.5 Å². The van der Waals surface area contributed by atoms with Gasteiger partial charge < -0.3 is 14.2 Å². The van der Waals surface area contributed by atoms with Gasteiger partial charge in [-0.15, -0.1) is 11.3 Å². The van der Waals surface area contributed by atoms with E-state index < -0.39 is 0 Å². The molecule has 7 nitrogen and oxygen atoms in total. The molecule has 0 atom stereocenters. The third-order valence-electron chi connectivity index (χ3n) is 3.93. The highest BCUT2D eigenvalue weighted by molar-refractivity contribution is 7.11. The van der Waals surface area contributed by atoms with Crippen LogP contribution in [0.5, 0.6) is 0 Å². The summed E-state index contributed by atoms with van der Waals surface area (Å²) >= 11 is 1.68. The number of ether oxygens (including phenoxy) is 3. The lowest BCUT2D eigenvalue weighted by atomic mass is 10.3. The molecule has 8 heteroatoms. The van der Waals surface area contributed by atoms with E-state index in [1.54, 1.807) is 30.8 Å². The SMILES string of the molecule is COCc1cnc(C)s1.Cc1ccc(COC(C)C)cn1.Cc1ncc(COC(C)C)cn1. The van der Waals surface area contributed by atoms with Gasteiger partial charge in [0.2, 0.25) is 0 Å². The second-order valence-corrected chi connectivity index (χ2v) is 9.26. The van der Waals surface area contributed by atoms with Gasteiger partial charge in [-0.2, -0.15) is 0 Å². The quantitative estimate of drug-likeness (QED) is 0.419. The Balaban J connectivity index is 0.000000250. The minimum Gasteiger partial charge on any atom is -0.379 e. The van der Waals surface area contributed by atoms with Crippen molar-refractivity contribution in [1.82, 2.24) is 19.9 Å². The molecule has 3 heterocycles. The van der Waals surface area contributed by atoms with E-state index in [0.717, 1.165) is 27.7 Å². The Labute approximate surface area is 202 Å². The molecule has 3 aromatic rings. The fourth-order valence-corrected chi connectivity index (χ4v) is 2.98. The Bertz CT molecular complexity index is 828. The predicted molar refractivity (Wildman–Crippen MR) is 133 cm³/mol. The first-order chi connectivity index (χ1) is 15.7. The van der Waals surface area contributed by atoms with Crippen molar-refractivity contribution in [1.29, 1.82) is 0 Å². The summed E-state index contributed by atoms with van der Waals surface area (Å²) in [4.78, 5) is 17.6. The number of methoxy groups -OCH3 is 1. The zero-order chi connectivity index (χ0) is 24.6. The van der Waals surface area contributed by atoms with Gasteiger partial charge in [-0.3, -0.25) is 4.98 Å². The first-order valence-corrected chi connectivity index (χ1v) is 11.8. The van der Waals surface area contributed by atoms with E-state index in [2.05, 4.69) is 19.9 Å². The van der Waals surface area contributed by atoms with Crippen molar-refractivity contribution in [2.24, 2.45) is 0 Å². The van der Waals surface area contributed by atoms with Crippen molar-refractivity contribution in [2.75, 3.05) is 7.11 Å². The molecule has 0 aliphatic heterocycles. The van der Waals surface area contributed by atoms with Crippen molar-refractivity contribution in [3.63, 3.8) is 0 Å². The topological polar surface area (TPSA) is 79.2 Å². The van der Waals surface area contributed by atoms with Gasteiger partial charge in [0.05, 0.1) is 41.9 Å². The number of pyridine rings is 1. The average molecular weight is 475 g/mol. The molecular formula is C25H38N4O3S. The number of thiazole rings is 1. The van der Waals surface area contributed by atoms with Crippen LogP contribution in [0.4, 0.5) is 0 Å². The fourth-order valence-electron chi connectivity index (χ4n) is 2.22. The van der Waals surface area contributed by atoms with Crippen molar-refractivity contribution in [2.45, 2.75) is 80.5 Å². The molecule has 0 spiro atoms. The maximum atomic E-state index is 5.43. The van der Waals surface area contributed by atoms with Crippen molar-refractivity contribution >= 4 is 11.3 Å². The van der Waals surface area contributed by atoms with Gasteiger partial charge in [-0.05, 0) is 60.1 Å². The number of rotatable bonds is 8. The molecule has 0 saturated carbocycles. The summed E-state index contributed by atoms with van der Waals surface area (Å²) in [6.07, 6.45) is 7.84. The van der Waals surface area contributed by atoms with Gasteiger partial charge in [0, 0.05) is 43.2 Å². The molecule has 0 aliphatic carbocycles. The minimum atomic E-state index is 0.256. The van der Waals surface area contributed by atoms with E-state index in [9.17, 15) is 0 Å². The second-order valence-electron chi connectivity index (χ2n) is 7.94. The summed E-state index contributed by atoms with van der Waals surface area (Å²) in [6.45, 7) is 15.9. The molecule has 182 valence electrons. The molecule has 3 rings (SSSR count). The van der Waals surface area contributed by atoms with Crippen LogP contribution < -0.4 is 0 Å². The maximum Gasteiger partial charge on any atom is 0.125 e. The van der Waals surface area contributed by atoms with Gasteiger partial charge in [-0.1, -0.05) is 6.07 Å². The van der Waals surface area contributed by atoms with E-state index in [4.69, 9.17) is 14.2 Å². The van der Waals surface area contributed by atoms with Crippen LogP contribution in [0.25, 0.3) is 0 Å². The molecule has 0 radical (unpaired) electrons. The highest BCUT2D eigenvalue weighted by atomic mass is 32.1. The first-order valence-electron chi connectivity index (χ1n) is 11.0. The van der Waals surface area contributed by atoms with Gasteiger partial charge >= 0.3 is 0 Å². The Kier molecular flexibility index (Phi) is 14.3. The second kappa shape index (κ2) is 16.4. The van der Waals surface area contributed by atoms with E-state index >= 15 is 0 Å². The van der Waals surface area contributed by atoms with E-state index in [0.29, 0.717) is 19.8 Å². The molecule has 33 heavy (non-hydrogen) atoms. The van der Waals surface area contributed by atoms with Gasteiger partial charge in [-0.25, -0.2) is 15.0 Å². The van der Waals surface area contributed by atoms with Crippen molar-refractivity contribution in [3.8, 4) is 0 Å². The Hall–Kier alpha value is -2.26. The number of hydrogen-bond donors (Lipinski definition) is 0. The molecule has 0 saturated heterocycles. The number of aryl methyl sites for hydroxylation is 3. The normalized spacial score (nSPS) is 10.5. The van der Waals surface area contributed by atoms with Crippen LogP contribution in [0.1, 0.15) is 60.2 Å². The molecule has 0 amide bonds.